The first-order valence-electron chi connectivity index (χ1n) is 13.1. The van der Waals surface area contributed by atoms with Crippen LogP contribution in [0.1, 0.15) is 68.8 Å². The number of ether oxygens (including phenoxy) is 1. The lowest BCUT2D eigenvalue weighted by atomic mass is 9.91. The normalized spacial score (nSPS) is 26.3. The third kappa shape index (κ3) is 6.39. The van der Waals surface area contributed by atoms with Gasteiger partial charge in [-0.05, 0) is 61.6 Å². The van der Waals surface area contributed by atoms with E-state index in [1.54, 1.807) is 17.0 Å². The second kappa shape index (κ2) is 12.8. The molecule has 4 rings (SSSR count). The summed E-state index contributed by atoms with van der Waals surface area (Å²) in [6.07, 6.45) is 14.7. The summed E-state index contributed by atoms with van der Waals surface area (Å²) >= 11 is 10.4. The molecule has 6 heteroatoms. The lowest BCUT2D eigenvalue weighted by Gasteiger charge is -2.42. The molecule has 2 aliphatic carbocycles. The maximum Gasteiger partial charge on any atom is 0.257 e. The van der Waals surface area contributed by atoms with Crippen LogP contribution in [0.5, 0.6) is 0 Å². The number of carbonyl (C=O) groups is 1. The molecule has 1 aromatic rings. The molecule has 2 atom stereocenters. The van der Waals surface area contributed by atoms with Gasteiger partial charge in [0.05, 0.1) is 13.2 Å². The molecule has 200 valence electrons. The van der Waals surface area contributed by atoms with E-state index >= 15 is 0 Å². The van der Waals surface area contributed by atoms with E-state index in [0.29, 0.717) is 34.9 Å². The molecule has 3 aliphatic rings. The van der Waals surface area contributed by atoms with Crippen molar-refractivity contribution in [2.75, 3.05) is 19.8 Å². The third-order valence-corrected chi connectivity index (χ3v) is 8.10. The van der Waals surface area contributed by atoms with Gasteiger partial charge in [-0.3, -0.25) is 4.79 Å². The predicted molar refractivity (Wildman–Crippen MR) is 157 cm³/mol. The van der Waals surface area contributed by atoms with Crippen LogP contribution in [0.3, 0.4) is 0 Å². The molecule has 1 aromatic carbocycles. The summed E-state index contributed by atoms with van der Waals surface area (Å²) in [4.78, 5) is 15.7. The Bertz CT molecular complexity index is 1120. The molecule has 4 nitrogen and oxygen atoms in total. The Morgan fingerprint density at radius 2 is 2.03 bits per heavy atom. The molecule has 0 aromatic heterocycles. The van der Waals surface area contributed by atoms with Gasteiger partial charge in [0.2, 0.25) is 0 Å². The highest BCUT2D eigenvalue weighted by Gasteiger charge is 2.56. The Morgan fingerprint density at radius 1 is 1.30 bits per heavy atom. The van der Waals surface area contributed by atoms with E-state index < -0.39 is 5.72 Å². The Hall–Kier alpha value is -1.92. The maximum atomic E-state index is 13.9. The van der Waals surface area contributed by atoms with Crippen LogP contribution in [0.4, 0.5) is 0 Å². The van der Waals surface area contributed by atoms with Crippen molar-refractivity contribution in [3.63, 3.8) is 0 Å². The van der Waals surface area contributed by atoms with Gasteiger partial charge in [0.15, 0.2) is 5.72 Å². The molecule has 1 fully saturated rings. The van der Waals surface area contributed by atoms with Crippen molar-refractivity contribution in [1.82, 2.24) is 4.90 Å². The summed E-state index contributed by atoms with van der Waals surface area (Å²) in [6.45, 7) is 15.1. The van der Waals surface area contributed by atoms with Gasteiger partial charge in [-0.15, -0.1) is 0 Å². The van der Waals surface area contributed by atoms with E-state index in [9.17, 15) is 9.90 Å². The number of benzene rings is 1. The second-order valence-electron chi connectivity index (χ2n) is 9.99. The van der Waals surface area contributed by atoms with Gasteiger partial charge in [0, 0.05) is 33.7 Å². The largest absolute Gasteiger partial charge is 0.396 e. The third-order valence-electron chi connectivity index (χ3n) is 7.13. The number of nitrogens with zero attached hydrogens (tertiary/aromatic N) is 1. The zero-order chi connectivity index (χ0) is 27.2. The number of halogens is 2. The minimum atomic E-state index is -1.26. The fourth-order valence-corrected chi connectivity index (χ4v) is 5.51. The van der Waals surface area contributed by atoms with Crippen LogP contribution in [0.2, 0.25) is 5.02 Å². The minimum absolute atomic E-state index is 0.0487. The van der Waals surface area contributed by atoms with Crippen molar-refractivity contribution < 1.29 is 14.6 Å². The number of rotatable bonds is 9. The van der Waals surface area contributed by atoms with Crippen LogP contribution in [0.15, 0.2) is 77.4 Å². The first-order chi connectivity index (χ1) is 17.7. The van der Waals surface area contributed by atoms with Gasteiger partial charge >= 0.3 is 0 Å². The van der Waals surface area contributed by atoms with Crippen molar-refractivity contribution in [1.29, 1.82) is 0 Å². The highest BCUT2D eigenvalue weighted by Crippen LogP contribution is 2.52. The lowest BCUT2D eigenvalue weighted by molar-refractivity contribution is -0.128. The molecule has 1 N–H and O–H groups in total. The van der Waals surface area contributed by atoms with Crippen LogP contribution in [0, 0.1) is 11.3 Å². The van der Waals surface area contributed by atoms with E-state index in [1.165, 1.54) is 4.48 Å². The van der Waals surface area contributed by atoms with Crippen LogP contribution in [-0.2, 0) is 10.5 Å². The molecule has 0 bridgehead atoms. The van der Waals surface area contributed by atoms with Gasteiger partial charge in [0.1, 0.15) is 0 Å². The zero-order valence-electron chi connectivity index (χ0n) is 22.2. The fraction of sp³-hybridized carbons (Fsp3) is 0.452. The first kappa shape index (κ1) is 29.6. The topological polar surface area (TPSA) is 49.8 Å². The molecule has 2 unspecified atom stereocenters. The molecule has 1 heterocycles. The summed E-state index contributed by atoms with van der Waals surface area (Å²) in [5.41, 5.74) is 1.12. The van der Waals surface area contributed by atoms with Gasteiger partial charge in [0.25, 0.3) is 5.91 Å². The fourth-order valence-electron chi connectivity index (χ4n) is 4.79. The number of allylic oxidation sites excluding steroid dienone is 5. The molecule has 0 saturated heterocycles. The first-order valence-corrected chi connectivity index (χ1v) is 14.3. The van der Waals surface area contributed by atoms with Crippen molar-refractivity contribution in [2.24, 2.45) is 11.3 Å². The van der Waals surface area contributed by atoms with E-state index in [1.807, 2.05) is 39.0 Å². The van der Waals surface area contributed by atoms with Crippen molar-refractivity contribution in [2.45, 2.75) is 58.6 Å². The number of hydrogen-bond donors (Lipinski definition) is 1. The van der Waals surface area contributed by atoms with Crippen LogP contribution < -0.4 is 0 Å². The number of aliphatic hydroxyl groups excluding tert-OH is 1. The summed E-state index contributed by atoms with van der Waals surface area (Å²) in [5.74, 6) is 0.0333. The highest BCUT2D eigenvalue weighted by molar-refractivity contribution is 9.11. The molecular formula is C31H39BrClNO3. The Morgan fingerprint density at radius 3 is 2.68 bits per heavy atom. The van der Waals surface area contributed by atoms with Crippen LogP contribution in [-0.4, -0.2) is 35.7 Å². The van der Waals surface area contributed by atoms with Crippen LogP contribution in [0.25, 0.3) is 0 Å². The predicted octanol–water partition coefficient (Wildman–Crippen LogP) is 8.09. The van der Waals surface area contributed by atoms with Gasteiger partial charge in [-0.2, -0.15) is 0 Å². The Balaban J connectivity index is 0.00000186. The number of amides is 1. The average molecular weight is 589 g/mol. The van der Waals surface area contributed by atoms with Crippen molar-refractivity contribution in [3.8, 4) is 0 Å². The highest BCUT2D eigenvalue weighted by atomic mass is 79.9. The standard InChI is InChI=1S/C29H33BrClNO3.C2H6/c1-20(2)13-14-21(3)29(35-19-28(18-33)15-16-28)26-24(11-6-12-25(26)31)27(34)32(29)17-22-7-4-9-23(30)10-5-8-22;1-2/h4,6-7,10-14,22,33H,1,3,5,8-9,15-19H2,2H3;1-2H3/b7-4-,14-13-,23-10+;. The van der Waals surface area contributed by atoms with E-state index in [-0.39, 0.29) is 23.8 Å². The molecule has 0 spiro atoms. The van der Waals surface area contributed by atoms with Gasteiger partial charge < -0.3 is 14.7 Å². The summed E-state index contributed by atoms with van der Waals surface area (Å²) in [6, 6.07) is 5.40. The van der Waals surface area contributed by atoms with Crippen molar-refractivity contribution >= 4 is 33.4 Å². The monoisotopic (exact) mass is 587 g/mol. The zero-order valence-corrected chi connectivity index (χ0v) is 24.6. The Kier molecular flexibility index (Phi) is 10.2. The number of aliphatic hydroxyl groups is 1. The average Bonchev–Trinajstić information content (AvgIpc) is 3.62. The number of carbonyl (C=O) groups excluding carboxylic acids is 1. The van der Waals surface area contributed by atoms with E-state index in [2.05, 4.69) is 47.3 Å². The summed E-state index contributed by atoms with van der Waals surface area (Å²) in [7, 11) is 0. The molecule has 37 heavy (non-hydrogen) atoms. The molecular weight excluding hydrogens is 550 g/mol. The smallest absolute Gasteiger partial charge is 0.257 e. The lowest BCUT2D eigenvalue weighted by Crippen LogP contribution is -2.50. The molecule has 1 saturated carbocycles. The summed E-state index contributed by atoms with van der Waals surface area (Å²) in [5, 5.41) is 10.5. The van der Waals surface area contributed by atoms with E-state index in [0.717, 1.165) is 37.7 Å². The molecule has 0 radical (unpaired) electrons. The van der Waals surface area contributed by atoms with Gasteiger partial charge in [-0.1, -0.05) is 96.6 Å². The maximum absolute atomic E-state index is 13.9. The SMILES string of the molecule is C=C(C)/C=C\C(=C)C1(OCC2(CO)CC2)c2c(Cl)cccc2C(=O)N1CC1/C=C\C/C(Br)=C\CC1.CC. The number of fused-ring (bicyclic) bond motifs is 1. The minimum Gasteiger partial charge on any atom is -0.396 e. The summed E-state index contributed by atoms with van der Waals surface area (Å²) < 4.78 is 7.92. The Labute approximate surface area is 235 Å². The number of hydrogen-bond acceptors (Lipinski definition) is 3. The second-order valence-corrected chi connectivity index (χ2v) is 11.4. The van der Waals surface area contributed by atoms with E-state index in [4.69, 9.17) is 16.3 Å². The molecule has 1 aliphatic heterocycles. The van der Waals surface area contributed by atoms with Crippen molar-refractivity contribution in [3.05, 3.63) is 93.5 Å². The van der Waals surface area contributed by atoms with Crippen LogP contribution >= 0.6 is 27.5 Å². The molecule has 1 amide bonds. The quantitative estimate of drug-likeness (QED) is 0.234. The van der Waals surface area contributed by atoms with Gasteiger partial charge in [-0.25, -0.2) is 0 Å².